The molecule has 0 aliphatic heterocycles. The van der Waals surface area contributed by atoms with Crippen molar-refractivity contribution < 1.29 is 0 Å². The molecule has 0 fully saturated rings. The maximum atomic E-state index is 2.12. The lowest BCUT2D eigenvalue weighted by molar-refractivity contribution is 1.09. The van der Waals surface area contributed by atoms with E-state index in [1.54, 1.807) is 0 Å². The lowest BCUT2D eigenvalue weighted by Crippen LogP contribution is -1.27. The van der Waals surface area contributed by atoms with Gasteiger partial charge in [0.25, 0.3) is 0 Å². The van der Waals surface area contributed by atoms with Crippen LogP contribution in [0.1, 0.15) is 574 Å². The van der Waals surface area contributed by atoms with Crippen LogP contribution in [0.25, 0.3) is 0 Å². The average Bonchev–Trinajstić information content (AvgIpc) is 3.55. The van der Waals surface area contributed by atoms with E-state index in [2.05, 4.69) is 222 Å². The Kier molecular flexibility index (Phi) is 6010. The predicted molar refractivity (Wildman–Crippen MR) is 460 cm³/mol. The van der Waals surface area contributed by atoms with Crippen LogP contribution in [0.5, 0.6) is 0 Å². The van der Waals surface area contributed by atoms with Crippen LogP contribution >= 0.6 is 0 Å². The largest absolute Gasteiger partial charge is 0.0683 e. The Bertz CT molecular complexity index is 64.0. The van der Waals surface area contributed by atoms with Gasteiger partial charge in [-0.2, -0.15) is 0 Å². The van der Waals surface area contributed by atoms with Gasteiger partial charge in [-0.15, -0.1) is 0 Å². The van der Waals surface area contributed by atoms with Crippen molar-refractivity contribution in [3.63, 3.8) is 0 Å². The van der Waals surface area contributed by atoms with Crippen LogP contribution in [-0.2, 0) is 0 Å². The fourth-order valence-corrected chi connectivity index (χ4v) is 0. The Hall–Kier alpha value is 0. The maximum absolute atomic E-state index is 2.12. The van der Waals surface area contributed by atoms with E-state index in [1.807, 2.05) is 249 Å². The summed E-state index contributed by atoms with van der Waals surface area (Å²) in [6, 6.07) is 0. The van der Waals surface area contributed by atoms with Crippen molar-refractivity contribution in [2.75, 3.05) is 0 Å². The van der Waals surface area contributed by atoms with Gasteiger partial charge in [-0.25, -0.2) is 0 Å². The first kappa shape index (κ1) is 231. The van der Waals surface area contributed by atoms with Crippen LogP contribution in [0, 0.1) is 0 Å². The lowest BCUT2D eigenvalue weighted by atomic mass is 10.6. The minimum atomic E-state index is 1.25. The van der Waals surface area contributed by atoms with Crippen LogP contribution in [0.4, 0.5) is 0 Å². The Morgan fingerprint density at radius 1 is 0.0595 bits per heavy atom. The van der Waals surface area contributed by atoms with E-state index in [9.17, 15) is 0 Å². The van der Waals surface area contributed by atoms with E-state index < -0.39 is 0 Å². The molecule has 0 aromatic rings. The topological polar surface area (TPSA) is 0 Å². The molecule has 0 saturated heterocycles. The highest BCUT2D eigenvalue weighted by atomic mass is 13.5. The van der Waals surface area contributed by atoms with E-state index in [1.165, 1.54) is 103 Å². The molecule has 0 spiro atoms. The summed E-state index contributed by atoms with van der Waals surface area (Å²) in [5.41, 5.74) is 0. The fourth-order valence-electron chi connectivity index (χ4n) is 0. The Morgan fingerprint density at radius 3 is 0.0595 bits per heavy atom. The van der Waals surface area contributed by atoms with Crippen molar-refractivity contribution in [1.29, 1.82) is 0 Å². The molecule has 0 amide bonds. The molecule has 0 aromatic carbocycles. The second-order valence-corrected chi connectivity index (χ2v) is 11.3. The summed E-state index contributed by atoms with van der Waals surface area (Å²) in [5, 5.41) is 0. The highest BCUT2D eigenvalue weighted by Crippen LogP contribution is 1.61. The first-order valence-electron chi connectivity index (χ1n) is 40.6. The molecule has 0 heterocycles. The summed E-state index contributed by atoms with van der Waals surface area (Å²) in [5.74, 6) is 0. The number of hydrogen-bond acceptors (Lipinski definition) is 0. The molecule has 0 heteroatoms. The zero-order chi connectivity index (χ0) is 79.3. The van der Waals surface area contributed by atoms with Gasteiger partial charge in [0, 0.05) is 0 Å². The molecule has 0 aliphatic carbocycles. The molecule has 84 heavy (non-hydrogen) atoms. The number of rotatable bonds is 0. The third kappa shape index (κ3) is 0. The van der Waals surface area contributed by atoms with E-state index in [4.69, 9.17) is 0 Å². The molecule has 572 valence electrons. The van der Waals surface area contributed by atoms with Gasteiger partial charge in [0.15, 0.2) is 0 Å². The fraction of sp³-hybridized carbons (Fsp3) is 1.00. The Morgan fingerprint density at radius 2 is 0.0595 bits per heavy atom. The minimum Gasteiger partial charge on any atom is -0.0683 e. The average molecular weight is 1250 g/mol. The molecular weight excluding hydrogens is 1010 g/mol. The molecule has 0 aromatic heterocycles. The van der Waals surface area contributed by atoms with Gasteiger partial charge < -0.3 is 0 Å². The molecule has 0 N–H and O–H groups in total. The van der Waals surface area contributed by atoms with Crippen molar-refractivity contribution in [1.82, 2.24) is 0 Å². The molecule has 0 unspecified atom stereocenters. The molecule has 0 saturated carbocycles. The summed E-state index contributed by atoms with van der Waals surface area (Å²) in [7, 11) is 0. The van der Waals surface area contributed by atoms with Crippen molar-refractivity contribution in [2.45, 2.75) is 574 Å². The highest BCUT2D eigenvalue weighted by molar-refractivity contribution is 3.97. The van der Waals surface area contributed by atoms with Gasteiger partial charge in [0.05, 0.1) is 0 Å². The molecule has 0 bridgehead atoms. The quantitative estimate of drug-likeness (QED) is 0.227. The van der Waals surface area contributed by atoms with Crippen molar-refractivity contribution in [3.05, 3.63) is 0 Å². The van der Waals surface area contributed by atoms with Gasteiger partial charge in [0.2, 0.25) is 0 Å². The second-order valence-electron chi connectivity index (χ2n) is 11.3. The zero-order valence-corrected chi connectivity index (χ0v) is 79.3. The smallest absolute Gasteiger partial charge is 0.0590 e. The van der Waals surface area contributed by atoms with E-state index in [0.717, 1.165) is 0 Å². The standard InChI is InChI=1S/16C3H8.18C2H6/c16*1-3-2;18*1-2/h16*3H2,1-2H3;18*1-2H3. The monoisotopic (exact) mass is 1250 g/mol. The van der Waals surface area contributed by atoms with E-state index >= 15 is 0 Å². The second kappa shape index (κ2) is 2180. The third-order valence-corrected chi connectivity index (χ3v) is 0. The van der Waals surface area contributed by atoms with Crippen LogP contribution in [0.15, 0.2) is 0 Å². The molecule has 0 aliphatic rings. The van der Waals surface area contributed by atoms with Crippen LogP contribution in [0.2, 0.25) is 0 Å². The van der Waals surface area contributed by atoms with E-state index in [-0.39, 0.29) is 0 Å². The first-order chi connectivity index (χ1) is 40.6. The van der Waals surface area contributed by atoms with Crippen molar-refractivity contribution >= 4 is 0 Å². The zero-order valence-electron chi connectivity index (χ0n) is 79.3. The van der Waals surface area contributed by atoms with Gasteiger partial charge >= 0.3 is 0 Å². The van der Waals surface area contributed by atoms with Crippen LogP contribution < -0.4 is 0 Å². The highest BCUT2D eigenvalue weighted by Gasteiger charge is 1.40. The SMILES string of the molecule is CC.CC.CC.CC.CC.CC.CC.CC.CC.CC.CC.CC.CC.CC.CC.CC.CC.CC.CCC.CCC.CCC.CCC.CCC.CCC.CCC.CCC.CCC.CCC.CCC.CCC.CCC.CCC.CCC.CCC. The normalized spacial score (nSPS) is 4.71. The summed E-state index contributed by atoms with van der Waals surface area (Å²) < 4.78 is 0. The predicted octanol–water partition coefficient (Wildman–Crippen LogP) is 41.1. The number of hydrogen-bond donors (Lipinski definition) is 0. The lowest BCUT2D eigenvalue weighted by Gasteiger charge is -1.48. The Labute approximate surface area is 570 Å². The van der Waals surface area contributed by atoms with Crippen LogP contribution in [-0.4, -0.2) is 0 Å². The minimum absolute atomic E-state index is 1.25. The molecule has 0 rings (SSSR count). The van der Waals surface area contributed by atoms with E-state index in [0.29, 0.717) is 0 Å². The Balaban J connectivity index is -0.00000000960. The van der Waals surface area contributed by atoms with Gasteiger partial charge in [-0.1, -0.05) is 574 Å². The maximum Gasteiger partial charge on any atom is -0.0590 e. The molecule has 0 radical (unpaired) electrons. The molecule has 0 atom stereocenters. The molecular formula is C84H236. The third-order valence-electron chi connectivity index (χ3n) is 0. The van der Waals surface area contributed by atoms with Crippen LogP contribution in [0.3, 0.4) is 0 Å². The van der Waals surface area contributed by atoms with Gasteiger partial charge in [-0.3, -0.25) is 0 Å². The molecule has 0 nitrogen and oxygen atoms in total. The van der Waals surface area contributed by atoms with Gasteiger partial charge in [0.1, 0.15) is 0 Å². The first-order valence-corrected chi connectivity index (χ1v) is 40.6. The summed E-state index contributed by atoms with van der Waals surface area (Å²) >= 11 is 0. The van der Waals surface area contributed by atoms with Crippen molar-refractivity contribution in [3.8, 4) is 0 Å². The van der Waals surface area contributed by atoms with Gasteiger partial charge in [-0.05, 0) is 0 Å². The van der Waals surface area contributed by atoms with Crippen molar-refractivity contribution in [2.24, 2.45) is 0 Å². The summed E-state index contributed by atoms with van der Waals surface area (Å²) in [4.78, 5) is 0. The summed E-state index contributed by atoms with van der Waals surface area (Å²) in [6.07, 6.45) is 20.0. The summed E-state index contributed by atoms with van der Waals surface area (Å²) in [6.45, 7) is 140.